The van der Waals surface area contributed by atoms with Crippen LogP contribution in [-0.4, -0.2) is 48.8 Å². The summed E-state index contributed by atoms with van der Waals surface area (Å²) in [5, 5.41) is 0. The number of amides is 1. The number of rotatable bonds is 4. The van der Waals surface area contributed by atoms with Crippen molar-refractivity contribution >= 4 is 11.9 Å². The molecule has 2 aliphatic rings. The smallest absolute Gasteiger partial charge is 0.410 e. The zero-order valence-corrected chi connectivity index (χ0v) is 17.0. The van der Waals surface area contributed by atoms with Gasteiger partial charge in [-0.25, -0.2) is 9.78 Å². The number of piperidine rings is 1. The van der Waals surface area contributed by atoms with Crippen molar-refractivity contribution in [2.75, 3.05) is 37.7 Å². The first-order chi connectivity index (χ1) is 14.2. The Labute approximate surface area is 172 Å². The van der Waals surface area contributed by atoms with Gasteiger partial charge in [0.15, 0.2) is 0 Å². The third-order valence-electron chi connectivity index (χ3n) is 5.77. The highest BCUT2D eigenvalue weighted by molar-refractivity contribution is 5.68. The van der Waals surface area contributed by atoms with Crippen LogP contribution in [-0.2, 0) is 16.1 Å². The highest BCUT2D eigenvalue weighted by Crippen LogP contribution is 2.34. The summed E-state index contributed by atoms with van der Waals surface area (Å²) < 4.78 is 11.1. The Hall–Kier alpha value is -2.60. The molecule has 6 heteroatoms. The van der Waals surface area contributed by atoms with E-state index >= 15 is 0 Å². The average molecular weight is 396 g/mol. The molecule has 4 rings (SSSR count). The number of hydrogen-bond donors (Lipinski definition) is 0. The number of ether oxygens (including phenoxy) is 2. The van der Waals surface area contributed by atoms with Crippen LogP contribution in [0, 0.1) is 6.92 Å². The Balaban J connectivity index is 1.47. The largest absolute Gasteiger partial charge is 0.445 e. The summed E-state index contributed by atoms with van der Waals surface area (Å²) >= 11 is 0. The molecule has 0 spiro atoms. The van der Waals surface area contributed by atoms with E-state index in [0.717, 1.165) is 69.1 Å². The van der Waals surface area contributed by atoms with Gasteiger partial charge in [0, 0.05) is 25.8 Å². The maximum atomic E-state index is 12.8. The molecule has 2 saturated heterocycles. The van der Waals surface area contributed by atoms with Crippen LogP contribution >= 0.6 is 0 Å². The van der Waals surface area contributed by atoms with Gasteiger partial charge in [0.25, 0.3) is 0 Å². The topological polar surface area (TPSA) is 54.9 Å². The molecular weight excluding hydrogens is 366 g/mol. The normalized spacial score (nSPS) is 19.8. The van der Waals surface area contributed by atoms with Crippen molar-refractivity contribution in [3.05, 3.63) is 59.3 Å². The lowest BCUT2D eigenvalue weighted by Crippen LogP contribution is -2.39. The van der Waals surface area contributed by atoms with E-state index in [0.29, 0.717) is 6.61 Å². The molecule has 2 aromatic rings. The Bertz CT molecular complexity index is 821. The number of nitrogens with zero attached hydrogens (tertiary/aromatic N) is 3. The Morgan fingerprint density at radius 1 is 1.17 bits per heavy atom. The summed E-state index contributed by atoms with van der Waals surface area (Å²) in [5.41, 5.74) is 3.30. The quantitative estimate of drug-likeness (QED) is 0.780. The van der Waals surface area contributed by atoms with Gasteiger partial charge in [-0.15, -0.1) is 0 Å². The van der Waals surface area contributed by atoms with E-state index in [4.69, 9.17) is 14.5 Å². The van der Waals surface area contributed by atoms with E-state index < -0.39 is 0 Å². The molecule has 6 nitrogen and oxygen atoms in total. The molecule has 0 saturated carbocycles. The minimum absolute atomic E-state index is 0.0262. The maximum Gasteiger partial charge on any atom is 0.410 e. The predicted octanol–water partition coefficient (Wildman–Crippen LogP) is 4.09. The fraction of sp³-hybridized carbons (Fsp3) is 0.478. The molecule has 1 amide bonds. The van der Waals surface area contributed by atoms with E-state index in [9.17, 15) is 4.79 Å². The first-order valence-corrected chi connectivity index (χ1v) is 10.5. The lowest BCUT2D eigenvalue weighted by molar-refractivity contribution is 0.0677. The van der Waals surface area contributed by atoms with Crippen LogP contribution in [0.5, 0.6) is 0 Å². The van der Waals surface area contributed by atoms with Gasteiger partial charge in [-0.2, -0.15) is 0 Å². The van der Waals surface area contributed by atoms with Gasteiger partial charge in [0.05, 0.1) is 19.3 Å². The van der Waals surface area contributed by atoms with Gasteiger partial charge >= 0.3 is 6.09 Å². The van der Waals surface area contributed by atoms with E-state index in [1.54, 1.807) is 0 Å². The fourth-order valence-electron chi connectivity index (χ4n) is 4.14. The minimum atomic E-state index is -0.241. The molecule has 1 unspecified atom stereocenters. The number of anilines is 1. The van der Waals surface area contributed by atoms with Crippen molar-refractivity contribution in [1.29, 1.82) is 0 Å². The molecule has 2 aliphatic heterocycles. The van der Waals surface area contributed by atoms with Crippen molar-refractivity contribution in [3.63, 3.8) is 0 Å². The Morgan fingerprint density at radius 2 is 1.97 bits per heavy atom. The molecule has 154 valence electrons. The summed E-state index contributed by atoms with van der Waals surface area (Å²) in [6.07, 6.45) is 4.77. The molecular formula is C23H29N3O3. The molecule has 1 atom stereocenters. The number of aryl methyl sites for hydroxylation is 1. The monoisotopic (exact) mass is 395 g/mol. The average Bonchev–Trinajstić information content (AvgIpc) is 2.79. The molecule has 0 bridgehead atoms. The second-order valence-corrected chi connectivity index (χ2v) is 7.74. The van der Waals surface area contributed by atoms with Crippen LogP contribution in [0.25, 0.3) is 0 Å². The third-order valence-corrected chi connectivity index (χ3v) is 5.77. The van der Waals surface area contributed by atoms with Crippen molar-refractivity contribution in [3.8, 4) is 0 Å². The van der Waals surface area contributed by atoms with Crippen LogP contribution in [0.4, 0.5) is 10.6 Å². The Kier molecular flexibility index (Phi) is 6.30. The van der Waals surface area contributed by atoms with E-state index in [2.05, 4.69) is 17.9 Å². The molecule has 2 fully saturated rings. The zero-order chi connectivity index (χ0) is 20.1. The van der Waals surface area contributed by atoms with Crippen molar-refractivity contribution in [2.45, 2.75) is 38.8 Å². The minimum Gasteiger partial charge on any atom is -0.445 e. The molecule has 29 heavy (non-hydrogen) atoms. The second-order valence-electron chi connectivity index (χ2n) is 7.74. The number of likely N-dealkylation sites (tertiary alicyclic amines) is 1. The number of carbonyl (C=O) groups excluding carboxylic acids is 1. The zero-order valence-electron chi connectivity index (χ0n) is 17.0. The summed E-state index contributed by atoms with van der Waals surface area (Å²) in [7, 11) is 0. The summed E-state index contributed by atoms with van der Waals surface area (Å²) in [4.78, 5) is 21.7. The second kappa shape index (κ2) is 9.27. The number of hydrogen-bond acceptors (Lipinski definition) is 5. The summed E-state index contributed by atoms with van der Waals surface area (Å²) in [5.74, 6) is 0.989. The van der Waals surface area contributed by atoms with Crippen LogP contribution in [0.2, 0.25) is 0 Å². The summed E-state index contributed by atoms with van der Waals surface area (Å²) in [6, 6.07) is 12.0. The van der Waals surface area contributed by atoms with Gasteiger partial charge in [0.2, 0.25) is 0 Å². The lowest BCUT2D eigenvalue weighted by Gasteiger charge is -2.36. The molecule has 0 radical (unpaired) electrons. The predicted molar refractivity (Wildman–Crippen MR) is 112 cm³/mol. The molecule has 1 aromatic carbocycles. The van der Waals surface area contributed by atoms with Gasteiger partial charge < -0.3 is 19.3 Å². The number of carbonyl (C=O) groups is 1. The lowest BCUT2D eigenvalue weighted by atomic mass is 9.94. The van der Waals surface area contributed by atoms with Crippen molar-refractivity contribution in [1.82, 2.24) is 9.88 Å². The standard InChI is InChI=1S/C23H29N3O3/c1-18-15-22(25-11-13-28-14-12-25)24-16-20(18)21-9-5-6-10-26(21)23(27)29-17-19-7-3-2-4-8-19/h2-4,7-8,15-16,21H,5-6,9-14,17H2,1H3. The van der Waals surface area contributed by atoms with E-state index in [1.807, 2.05) is 41.4 Å². The first kappa shape index (κ1) is 19.7. The number of benzene rings is 1. The fourth-order valence-corrected chi connectivity index (χ4v) is 4.14. The van der Waals surface area contributed by atoms with E-state index in [1.165, 1.54) is 5.56 Å². The van der Waals surface area contributed by atoms with Crippen LogP contribution < -0.4 is 4.90 Å². The highest BCUT2D eigenvalue weighted by atomic mass is 16.6. The van der Waals surface area contributed by atoms with Crippen molar-refractivity contribution < 1.29 is 14.3 Å². The van der Waals surface area contributed by atoms with Crippen molar-refractivity contribution in [2.24, 2.45) is 0 Å². The molecule has 1 aromatic heterocycles. The molecule has 0 N–H and O–H groups in total. The van der Waals surface area contributed by atoms with E-state index in [-0.39, 0.29) is 12.1 Å². The highest BCUT2D eigenvalue weighted by Gasteiger charge is 2.30. The third kappa shape index (κ3) is 4.70. The van der Waals surface area contributed by atoms with Crippen LogP contribution in [0.1, 0.15) is 42.0 Å². The van der Waals surface area contributed by atoms with Gasteiger partial charge in [-0.1, -0.05) is 30.3 Å². The maximum absolute atomic E-state index is 12.8. The molecule has 3 heterocycles. The van der Waals surface area contributed by atoms with Gasteiger partial charge in [-0.3, -0.25) is 0 Å². The van der Waals surface area contributed by atoms with Gasteiger partial charge in [0.1, 0.15) is 12.4 Å². The SMILES string of the molecule is Cc1cc(N2CCOCC2)ncc1C1CCCCN1C(=O)OCc1ccccc1. The number of morpholine rings is 1. The van der Waals surface area contributed by atoms with Gasteiger partial charge in [-0.05, 0) is 48.9 Å². The number of pyridine rings is 1. The summed E-state index contributed by atoms with van der Waals surface area (Å²) in [6.45, 7) is 6.36. The number of aromatic nitrogens is 1. The first-order valence-electron chi connectivity index (χ1n) is 10.5. The Morgan fingerprint density at radius 3 is 2.72 bits per heavy atom. The van der Waals surface area contributed by atoms with Crippen LogP contribution in [0.15, 0.2) is 42.6 Å². The van der Waals surface area contributed by atoms with Crippen LogP contribution in [0.3, 0.4) is 0 Å². The molecule has 0 aliphatic carbocycles.